The molecular formula is C53H88FN3O13. The molecule has 6 aliphatic rings. The van der Waals surface area contributed by atoms with Crippen LogP contribution in [0.3, 0.4) is 0 Å². The van der Waals surface area contributed by atoms with Crippen molar-refractivity contribution in [2.24, 2.45) is 52.3 Å². The van der Waals surface area contributed by atoms with Crippen molar-refractivity contribution in [2.75, 3.05) is 33.7 Å². The Morgan fingerprint density at radius 2 is 1.61 bits per heavy atom. The Morgan fingerprint density at radius 1 is 0.957 bits per heavy atom. The molecule has 0 aromatic rings. The Labute approximate surface area is 415 Å². The van der Waals surface area contributed by atoms with Crippen LogP contribution in [0.4, 0.5) is 4.39 Å². The third-order valence-electron chi connectivity index (χ3n) is 18.6. The summed E-state index contributed by atoms with van der Waals surface area (Å²) >= 11 is 0. The number of ketones is 1. The Morgan fingerprint density at radius 3 is 2.24 bits per heavy atom. The van der Waals surface area contributed by atoms with Crippen molar-refractivity contribution in [1.29, 1.82) is 0 Å². The molecule has 0 aromatic heterocycles. The van der Waals surface area contributed by atoms with Crippen molar-refractivity contribution < 1.29 is 68.7 Å². The van der Waals surface area contributed by atoms with Crippen LogP contribution >= 0.6 is 0 Å². The highest BCUT2D eigenvalue weighted by molar-refractivity contribution is 6.01. The first-order valence-electron chi connectivity index (χ1n) is 26.1. The van der Waals surface area contributed by atoms with Crippen molar-refractivity contribution in [3.05, 3.63) is 23.8 Å². The zero-order valence-corrected chi connectivity index (χ0v) is 44.0. The van der Waals surface area contributed by atoms with Crippen LogP contribution in [0.1, 0.15) is 121 Å². The van der Waals surface area contributed by atoms with E-state index in [1.807, 2.05) is 58.5 Å². The highest BCUT2D eigenvalue weighted by Gasteiger charge is 2.71. The Hall–Kier alpha value is -2.42. The number of allylic oxidation sites excluding steroid dienone is 4. The molecule has 0 aromatic carbocycles. The number of likely N-dealkylation sites (N-methyl/N-ethyl adjacent to an activating group) is 1. The van der Waals surface area contributed by atoms with Crippen LogP contribution in [-0.4, -0.2) is 181 Å². The number of carbonyl (C=O) groups is 3. The molecule has 1 amide bonds. The number of hydrogen-bond acceptors (Lipinski definition) is 15. The normalized spacial score (nSPS) is 49.7. The second-order valence-corrected chi connectivity index (χ2v) is 24.0. The highest BCUT2D eigenvalue weighted by Crippen LogP contribution is 2.68. The van der Waals surface area contributed by atoms with Gasteiger partial charge in [0.05, 0.1) is 35.9 Å². The van der Waals surface area contributed by atoms with E-state index in [-0.39, 0.29) is 81.0 Å². The summed E-state index contributed by atoms with van der Waals surface area (Å²) < 4.78 is 34.6. The van der Waals surface area contributed by atoms with Gasteiger partial charge in [-0.05, 0) is 135 Å². The number of nitrogens with one attached hydrogen (secondary N) is 1. The largest absolute Gasteiger partial charge is 0.459 e. The summed E-state index contributed by atoms with van der Waals surface area (Å²) in [5.74, 6) is -5.63. The fourth-order valence-electron chi connectivity index (χ4n) is 14.7. The van der Waals surface area contributed by atoms with Crippen molar-refractivity contribution in [2.45, 2.75) is 205 Å². The second-order valence-electron chi connectivity index (χ2n) is 24.0. The van der Waals surface area contributed by atoms with Crippen molar-refractivity contribution >= 4 is 17.7 Å². The minimum absolute atomic E-state index is 0.0826. The maximum atomic E-state index is 16.0. The molecule has 3 saturated carbocycles. The summed E-state index contributed by atoms with van der Waals surface area (Å²) in [5.41, 5.74) is -7.13. The van der Waals surface area contributed by atoms with E-state index < -0.39 is 118 Å². The van der Waals surface area contributed by atoms with E-state index in [1.54, 1.807) is 33.8 Å². The number of aliphatic hydroxyl groups excluding tert-OH is 4. The molecular weight excluding hydrogens is 906 g/mol. The van der Waals surface area contributed by atoms with E-state index in [1.165, 1.54) is 26.0 Å². The van der Waals surface area contributed by atoms with Crippen LogP contribution in [-0.2, 0) is 28.6 Å². The number of fused-ring (bicyclic) bond motifs is 5. The van der Waals surface area contributed by atoms with Gasteiger partial charge in [0.2, 0.25) is 0 Å². The third kappa shape index (κ3) is 10.2. The van der Waals surface area contributed by atoms with E-state index in [0.717, 1.165) is 0 Å². The molecule has 2 aliphatic heterocycles. The van der Waals surface area contributed by atoms with Crippen molar-refractivity contribution in [3.63, 3.8) is 0 Å². The molecule has 23 atom stereocenters. The van der Waals surface area contributed by atoms with E-state index >= 15 is 4.39 Å². The smallest absolute Gasteiger partial charge is 0.311 e. The van der Waals surface area contributed by atoms with Gasteiger partial charge in [-0.15, -0.1) is 0 Å². The first-order valence-corrected chi connectivity index (χ1v) is 26.1. The van der Waals surface area contributed by atoms with Crippen LogP contribution in [0.2, 0.25) is 0 Å². The number of amides is 1. The number of alkyl halides is 1. The van der Waals surface area contributed by atoms with Gasteiger partial charge >= 0.3 is 5.97 Å². The van der Waals surface area contributed by atoms with E-state index in [9.17, 15) is 50.1 Å². The average Bonchev–Trinajstić information content (AvgIpc) is 3.48. The fourth-order valence-corrected chi connectivity index (χ4v) is 14.7. The molecule has 4 aliphatic carbocycles. The molecule has 0 bridgehead atoms. The van der Waals surface area contributed by atoms with Gasteiger partial charge in [0.1, 0.15) is 30.1 Å². The third-order valence-corrected chi connectivity index (χ3v) is 18.6. The Bertz CT molecular complexity index is 1950. The molecule has 70 heavy (non-hydrogen) atoms. The molecule has 6 rings (SSSR count). The first-order chi connectivity index (χ1) is 32.4. The molecule has 2 saturated heterocycles. The van der Waals surface area contributed by atoms with Gasteiger partial charge in [-0.2, -0.15) is 0 Å². The Kier molecular flexibility index (Phi) is 17.1. The molecule has 8 N–H and O–H groups in total. The lowest BCUT2D eigenvalue weighted by atomic mass is 9.46. The van der Waals surface area contributed by atoms with E-state index in [2.05, 4.69) is 5.32 Å². The van der Waals surface area contributed by atoms with Crippen LogP contribution < -0.4 is 5.32 Å². The fraction of sp³-hybridized carbons (Fsp3) is 0.868. The summed E-state index contributed by atoms with van der Waals surface area (Å²) in [6.07, 6.45) is -3.93. The molecule has 16 nitrogen and oxygen atoms in total. The molecule has 17 heteroatoms. The number of ether oxygens (including phenoxy) is 3. The number of rotatable bonds is 9. The van der Waals surface area contributed by atoms with Gasteiger partial charge in [-0.1, -0.05) is 47.6 Å². The number of hydrogen-bond donors (Lipinski definition) is 8. The Balaban J connectivity index is 1.22. The predicted octanol–water partition coefficient (Wildman–Crippen LogP) is 3.06. The maximum absolute atomic E-state index is 16.0. The van der Waals surface area contributed by atoms with Gasteiger partial charge in [-0.3, -0.25) is 19.3 Å². The summed E-state index contributed by atoms with van der Waals surface area (Å²) in [6, 6.07) is -1.09. The topological polar surface area (TPSA) is 239 Å². The zero-order chi connectivity index (χ0) is 52.4. The number of esters is 1. The lowest BCUT2D eigenvalue weighted by Crippen LogP contribution is -2.65. The first kappa shape index (κ1) is 56.9. The van der Waals surface area contributed by atoms with Crippen LogP contribution in [0.15, 0.2) is 23.8 Å². The molecule has 0 spiro atoms. The van der Waals surface area contributed by atoms with E-state index in [0.29, 0.717) is 24.8 Å². The van der Waals surface area contributed by atoms with Crippen LogP contribution in [0, 0.1) is 52.3 Å². The minimum Gasteiger partial charge on any atom is -0.459 e. The summed E-state index contributed by atoms with van der Waals surface area (Å²) in [6.45, 7) is 19.6. The highest BCUT2D eigenvalue weighted by atomic mass is 19.1. The second kappa shape index (κ2) is 21.1. The number of halogens is 1. The van der Waals surface area contributed by atoms with Crippen LogP contribution in [0.25, 0.3) is 0 Å². The molecule has 400 valence electrons. The van der Waals surface area contributed by atoms with Gasteiger partial charge in [0, 0.05) is 54.4 Å². The average molecular weight is 994 g/mol. The number of carbonyl (C=O) groups excluding carboxylic acids is 3. The minimum atomic E-state index is -1.96. The number of cyclic esters (lactones) is 1. The molecule has 0 radical (unpaired) electrons. The standard InChI is InChI=1S/C53H88FN3O13/c1-14-40-52(11,66)44(62)32(7)57(26-27(2)24-51(10,65)45(30(5)42(60)31(6)46(63)69-40)70-47-43(61)38(56(12)13)21-29(4)68-47)19-15-18-55-48(64)53(67)28(3)20-35-34-23-37(54)36-22-33(58)16-17-49(36,8)41(34)39(59)25-50(35,53)9/h16-17,22,27-32,34-35,37-45,47,59-62,65-67H,14-15,18-21,23-26H2,1-13H3,(H,55,64)/t27-,28-,29?,30+,31-,32-,34?,35?,37+,38-,39+,40-,41?,42?,43-,44-,45?,47?,49+,50+,51-,52-,53+/m1/s1. The monoisotopic (exact) mass is 994 g/mol. The molecule has 2 heterocycles. The summed E-state index contributed by atoms with van der Waals surface area (Å²) in [4.78, 5) is 44.4. The SMILES string of the molecule is CC[C@H]1OC(=O)[C@H](C)C(O)[C@H](C)C(OC2OC(C)C[C@@H](N(C)C)[C@H]2O)[C@](C)(O)C[C@@H](C)CN(CCCNC(=O)[C@@]2(O)[C@H](C)CC3C4C[C@H](F)C5=CC(=O)C=C[C@]5(C)C4[C@@H](O)C[C@@]32C)[C@H](C)[C@@H](O)[C@]1(C)O. The lowest BCUT2D eigenvalue weighted by molar-refractivity contribution is -0.299. The predicted molar refractivity (Wildman–Crippen MR) is 259 cm³/mol. The van der Waals surface area contributed by atoms with Gasteiger partial charge in [0.15, 0.2) is 17.7 Å². The maximum Gasteiger partial charge on any atom is 0.311 e. The van der Waals surface area contributed by atoms with Crippen molar-refractivity contribution in [1.82, 2.24) is 15.1 Å². The van der Waals surface area contributed by atoms with E-state index in [4.69, 9.17) is 14.2 Å². The van der Waals surface area contributed by atoms with Gasteiger partial charge in [0.25, 0.3) is 5.91 Å². The number of nitrogens with zero attached hydrogens (tertiary/aromatic N) is 2. The van der Waals surface area contributed by atoms with Gasteiger partial charge < -0.3 is 60.2 Å². The van der Waals surface area contributed by atoms with Crippen LogP contribution in [0.5, 0.6) is 0 Å². The quantitative estimate of drug-likeness (QED) is 0.122. The molecule has 7 unspecified atom stereocenters. The van der Waals surface area contributed by atoms with Crippen molar-refractivity contribution in [3.8, 4) is 0 Å². The lowest BCUT2D eigenvalue weighted by Gasteiger charge is -2.60. The number of aliphatic hydroxyl groups is 7. The summed E-state index contributed by atoms with van der Waals surface area (Å²) in [7, 11) is 3.70. The molecule has 5 fully saturated rings. The zero-order valence-electron chi connectivity index (χ0n) is 44.0. The van der Waals surface area contributed by atoms with Gasteiger partial charge in [-0.25, -0.2) is 4.39 Å². The summed E-state index contributed by atoms with van der Waals surface area (Å²) in [5, 5.41) is 87.3.